The van der Waals surface area contributed by atoms with Crippen LogP contribution in [0.15, 0.2) is 0 Å². The first-order valence-corrected chi connectivity index (χ1v) is 1.57. The van der Waals surface area contributed by atoms with Gasteiger partial charge in [-0.15, -0.1) is 0 Å². The molecule has 0 aromatic rings. The van der Waals surface area contributed by atoms with Gasteiger partial charge in [0, 0.05) is 0 Å². The summed E-state index contributed by atoms with van der Waals surface area (Å²) in [6.45, 7) is 2.75. The average Bonchev–Trinajstić information content (AvgIpc) is 1.35. The first-order chi connectivity index (χ1) is 2.77. The van der Waals surface area contributed by atoms with Gasteiger partial charge in [-0.25, -0.2) is 6.61 Å². The zero-order chi connectivity index (χ0) is 4.99. The molecule has 0 amide bonds. The Kier molecular flexibility index (Phi) is 9.82. The Morgan fingerprint density at radius 3 is 2.00 bits per heavy atom. The molecule has 0 aliphatic carbocycles. The van der Waals surface area contributed by atoms with Crippen LogP contribution in [0.3, 0.4) is 0 Å². The average molecular weight is 95.8 g/mol. The van der Waals surface area contributed by atoms with Gasteiger partial charge >= 0.3 is 26.2 Å². The van der Waals surface area contributed by atoms with Crippen molar-refractivity contribution >= 4 is 7.32 Å². The van der Waals surface area contributed by atoms with E-state index in [1.807, 2.05) is 0 Å². The summed E-state index contributed by atoms with van der Waals surface area (Å²) in [4.78, 5) is 0. The summed E-state index contributed by atoms with van der Waals surface area (Å²) >= 11 is 0. The van der Waals surface area contributed by atoms with Crippen molar-refractivity contribution in [2.75, 3.05) is 0 Å². The van der Waals surface area contributed by atoms with Gasteiger partial charge in [-0.05, 0) is 0 Å². The van der Waals surface area contributed by atoms with Crippen molar-refractivity contribution < 1.29 is 33.6 Å². The summed E-state index contributed by atoms with van der Waals surface area (Å²) in [7, 11) is -1.66. The van der Waals surface area contributed by atoms with Crippen LogP contribution in [-0.4, -0.2) is 17.4 Å². The summed E-state index contributed by atoms with van der Waals surface area (Å²) in [6.07, 6.45) is 0. The van der Waals surface area contributed by atoms with Crippen LogP contribution in [-0.2, 0) is 4.65 Å². The molecule has 0 aliphatic rings. The summed E-state index contributed by atoms with van der Waals surface area (Å²) in [5.41, 5.74) is 0. The van der Waals surface area contributed by atoms with Crippen molar-refractivity contribution in [2.45, 2.75) is 6.92 Å². The zero-order valence-corrected chi connectivity index (χ0v) is 4.46. The molecule has 2 N–H and O–H groups in total. The van der Waals surface area contributed by atoms with Gasteiger partial charge in [0.05, 0.1) is 0 Å². The Balaban J connectivity index is 0. The molecule has 0 saturated heterocycles. The van der Waals surface area contributed by atoms with E-state index in [1.54, 1.807) is 6.92 Å². The van der Waals surface area contributed by atoms with Crippen LogP contribution in [0.1, 0.15) is 6.92 Å². The maximum absolute atomic E-state index is 7.85. The van der Waals surface area contributed by atoms with Gasteiger partial charge in [0.1, 0.15) is 0 Å². The Morgan fingerprint density at radius 2 is 2.00 bits per heavy atom. The third-order valence-corrected chi connectivity index (χ3v) is 0.258. The van der Waals surface area contributed by atoms with E-state index in [0.29, 0.717) is 0 Å². The van der Waals surface area contributed by atoms with Crippen molar-refractivity contribution in [3.05, 3.63) is 6.61 Å². The van der Waals surface area contributed by atoms with Crippen molar-refractivity contribution in [1.82, 2.24) is 0 Å². The van der Waals surface area contributed by atoms with Gasteiger partial charge < -0.3 is 14.7 Å². The molecule has 7 heavy (non-hydrogen) atoms. The van der Waals surface area contributed by atoms with Crippen molar-refractivity contribution in [1.29, 1.82) is 0 Å². The molecule has 36 valence electrons. The molecule has 0 rings (SSSR count). The second kappa shape index (κ2) is 6.54. The minimum Gasteiger partial charge on any atom is -0.565 e. The number of hydrogen-bond donors (Lipinski definition) is 2. The quantitative estimate of drug-likeness (QED) is 0.273. The predicted octanol–water partition coefficient (Wildman–Crippen LogP) is -3.84. The first-order valence-electron chi connectivity index (χ1n) is 1.57. The van der Waals surface area contributed by atoms with Crippen LogP contribution in [0.4, 0.5) is 0 Å². The van der Waals surface area contributed by atoms with E-state index >= 15 is 0 Å². The van der Waals surface area contributed by atoms with E-state index in [0.717, 1.165) is 0 Å². The largest absolute Gasteiger partial charge is 1.00 e. The Hall–Kier alpha value is 0.542. The molecule has 3 nitrogen and oxygen atoms in total. The Bertz CT molecular complexity index is 34.1. The minimum atomic E-state index is -1.66. The fraction of sp³-hybridized carbons (Fsp3) is 0.500. The van der Waals surface area contributed by atoms with E-state index in [4.69, 9.17) is 10.0 Å². The van der Waals surface area contributed by atoms with Gasteiger partial charge in [0.2, 0.25) is 0 Å². The molecular formula is C2H6BLiO3. The van der Waals surface area contributed by atoms with Crippen LogP contribution in [0, 0.1) is 6.61 Å². The molecular weight excluding hydrogens is 89.8 g/mol. The summed E-state index contributed by atoms with van der Waals surface area (Å²) in [5, 5.41) is 15.7. The molecule has 0 radical (unpaired) electrons. The Labute approximate surface area is 55.0 Å². The Morgan fingerprint density at radius 1 is 1.57 bits per heavy atom. The molecule has 0 fully saturated rings. The van der Waals surface area contributed by atoms with Crippen LogP contribution >= 0.6 is 0 Å². The summed E-state index contributed by atoms with van der Waals surface area (Å²) in [6, 6.07) is 0. The molecule has 0 saturated carbocycles. The smallest absolute Gasteiger partial charge is 0.565 e. The second-order valence-corrected chi connectivity index (χ2v) is 0.698. The van der Waals surface area contributed by atoms with Crippen molar-refractivity contribution in [3.63, 3.8) is 0 Å². The summed E-state index contributed by atoms with van der Waals surface area (Å²) in [5.74, 6) is 0. The van der Waals surface area contributed by atoms with Gasteiger partial charge in [-0.1, -0.05) is 0 Å². The minimum absolute atomic E-state index is 0. The molecule has 0 atom stereocenters. The van der Waals surface area contributed by atoms with Crippen LogP contribution in [0.2, 0.25) is 0 Å². The second-order valence-electron chi connectivity index (χ2n) is 0.698. The molecule has 0 aromatic heterocycles. The van der Waals surface area contributed by atoms with Crippen molar-refractivity contribution in [3.8, 4) is 0 Å². The molecule has 0 aromatic carbocycles. The maximum Gasteiger partial charge on any atom is 1.00 e. The van der Waals surface area contributed by atoms with Gasteiger partial charge in [-0.3, -0.25) is 0 Å². The first kappa shape index (κ1) is 10.5. The van der Waals surface area contributed by atoms with E-state index < -0.39 is 7.32 Å². The van der Waals surface area contributed by atoms with E-state index in [9.17, 15) is 0 Å². The zero-order valence-electron chi connectivity index (χ0n) is 4.46. The fourth-order valence-corrected chi connectivity index (χ4v) is 0.122. The molecule has 0 heterocycles. The number of rotatable bonds is 2. The standard InChI is InChI=1S/C2H6BO3.Li/c1-2-6-3(4)5;/h2,4-5H,1H3;/q-1;+1. The van der Waals surface area contributed by atoms with Gasteiger partial charge in [-0.2, -0.15) is 6.92 Å². The monoisotopic (exact) mass is 96.1 g/mol. The van der Waals surface area contributed by atoms with Crippen molar-refractivity contribution in [2.24, 2.45) is 0 Å². The molecule has 0 spiro atoms. The van der Waals surface area contributed by atoms with Crippen LogP contribution in [0.25, 0.3) is 0 Å². The van der Waals surface area contributed by atoms with E-state index in [2.05, 4.69) is 4.65 Å². The van der Waals surface area contributed by atoms with Crippen LogP contribution in [0.5, 0.6) is 0 Å². The molecule has 0 unspecified atom stereocenters. The normalized spacial score (nSPS) is 7.29. The maximum atomic E-state index is 7.85. The molecule has 5 heteroatoms. The number of hydrogen-bond acceptors (Lipinski definition) is 3. The summed E-state index contributed by atoms with van der Waals surface area (Å²) < 4.78 is 4.03. The predicted molar refractivity (Wildman–Crippen MR) is 21.3 cm³/mol. The topological polar surface area (TPSA) is 49.7 Å². The third kappa shape index (κ3) is 10.8. The van der Waals surface area contributed by atoms with Gasteiger partial charge in [0.25, 0.3) is 0 Å². The van der Waals surface area contributed by atoms with Gasteiger partial charge in [0.15, 0.2) is 0 Å². The fourth-order valence-electron chi connectivity index (χ4n) is 0.122. The third-order valence-electron chi connectivity index (χ3n) is 0.258. The van der Waals surface area contributed by atoms with E-state index in [1.165, 1.54) is 6.61 Å². The molecule has 0 aliphatic heterocycles. The SMILES string of the molecule is C[CH-]OB(O)O.[Li+]. The van der Waals surface area contributed by atoms with E-state index in [-0.39, 0.29) is 18.9 Å². The molecule has 0 bridgehead atoms. The van der Waals surface area contributed by atoms with Crippen LogP contribution < -0.4 is 18.9 Å².